The van der Waals surface area contributed by atoms with Crippen LogP contribution in [0.25, 0.3) is 0 Å². The topological polar surface area (TPSA) is 107 Å². The van der Waals surface area contributed by atoms with Gasteiger partial charge in [-0.05, 0) is 13.0 Å². The number of ether oxygens (including phenoxy) is 1. The largest absolute Gasteiger partial charge is 0.496 e. The van der Waals surface area contributed by atoms with Gasteiger partial charge in [0.1, 0.15) is 5.75 Å². The molecule has 1 N–H and O–H groups in total. The van der Waals surface area contributed by atoms with Crippen molar-refractivity contribution >= 4 is 5.69 Å². The van der Waals surface area contributed by atoms with Gasteiger partial charge in [0.25, 0.3) is 0 Å². The Bertz CT molecular complexity index is 806. The average Bonchev–Trinajstić information content (AvgIpc) is 2.41. The van der Waals surface area contributed by atoms with E-state index in [2.05, 4.69) is 0 Å². The maximum Gasteiger partial charge on any atom is 0.350 e. The van der Waals surface area contributed by atoms with Gasteiger partial charge in [0.05, 0.1) is 24.8 Å². The van der Waals surface area contributed by atoms with Gasteiger partial charge in [0.2, 0.25) is 0 Å². The number of nitrogens with one attached hydrogen (secondary N) is 1. The normalized spacial score (nSPS) is 10.4. The number of nitro groups is 1. The first-order chi connectivity index (χ1) is 9.92. The summed E-state index contributed by atoms with van der Waals surface area (Å²) in [5.74, 6) is 0.557. The van der Waals surface area contributed by atoms with Crippen molar-refractivity contribution < 1.29 is 9.66 Å². The Morgan fingerprint density at radius 1 is 1.38 bits per heavy atom. The van der Waals surface area contributed by atoms with E-state index in [1.807, 2.05) is 24.0 Å². The van der Waals surface area contributed by atoms with Gasteiger partial charge in [0, 0.05) is 5.56 Å². The minimum Gasteiger partial charge on any atom is -0.496 e. The molecule has 0 fully saturated rings. The van der Waals surface area contributed by atoms with Crippen molar-refractivity contribution in [2.24, 2.45) is 0 Å². The van der Waals surface area contributed by atoms with Crippen LogP contribution in [-0.4, -0.2) is 21.6 Å². The number of methoxy groups -OCH3 is 1. The van der Waals surface area contributed by atoms with Crippen LogP contribution in [0.1, 0.15) is 11.1 Å². The molecule has 1 aromatic heterocycles. The van der Waals surface area contributed by atoms with E-state index < -0.39 is 21.9 Å². The van der Waals surface area contributed by atoms with Crippen LogP contribution < -0.4 is 16.0 Å². The summed E-state index contributed by atoms with van der Waals surface area (Å²) in [5, 5.41) is 10.8. The lowest BCUT2D eigenvalue weighted by Crippen LogP contribution is -2.31. The van der Waals surface area contributed by atoms with Crippen LogP contribution in [-0.2, 0) is 6.54 Å². The summed E-state index contributed by atoms with van der Waals surface area (Å²) in [7, 11) is 1.49. The summed E-state index contributed by atoms with van der Waals surface area (Å²) in [4.78, 5) is 34.9. The molecule has 0 aliphatic carbocycles. The molecule has 0 aliphatic rings. The van der Waals surface area contributed by atoms with Crippen molar-refractivity contribution in [3.63, 3.8) is 0 Å². The highest BCUT2D eigenvalue weighted by Gasteiger charge is 2.15. The number of aryl methyl sites for hydroxylation is 1. The second-order valence-electron chi connectivity index (χ2n) is 4.47. The van der Waals surface area contributed by atoms with Gasteiger partial charge < -0.3 is 4.74 Å². The molecular weight excluding hydrogens is 278 g/mol. The molecular formula is C13H13N3O5. The Morgan fingerprint density at radius 3 is 2.71 bits per heavy atom. The molecule has 2 aromatic rings. The molecule has 8 nitrogen and oxygen atoms in total. The fourth-order valence-corrected chi connectivity index (χ4v) is 1.96. The minimum absolute atomic E-state index is 0.0569. The zero-order chi connectivity index (χ0) is 15.6. The first kappa shape index (κ1) is 14.5. The molecule has 0 atom stereocenters. The van der Waals surface area contributed by atoms with E-state index >= 15 is 0 Å². The molecule has 0 saturated heterocycles. The van der Waals surface area contributed by atoms with Crippen LogP contribution in [0.3, 0.4) is 0 Å². The van der Waals surface area contributed by atoms with Gasteiger partial charge in [-0.3, -0.25) is 24.5 Å². The Labute approximate surface area is 118 Å². The van der Waals surface area contributed by atoms with Crippen molar-refractivity contribution in [2.45, 2.75) is 13.5 Å². The van der Waals surface area contributed by atoms with Crippen LogP contribution in [0, 0.1) is 17.0 Å². The van der Waals surface area contributed by atoms with Crippen molar-refractivity contribution in [2.75, 3.05) is 7.11 Å². The summed E-state index contributed by atoms with van der Waals surface area (Å²) in [6.45, 7) is 1.93. The summed E-state index contributed by atoms with van der Waals surface area (Å²) < 4.78 is 6.26. The molecule has 8 heteroatoms. The van der Waals surface area contributed by atoms with E-state index in [1.165, 1.54) is 7.11 Å². The number of benzene rings is 1. The van der Waals surface area contributed by atoms with Gasteiger partial charge in [-0.2, -0.15) is 0 Å². The highest BCUT2D eigenvalue weighted by molar-refractivity contribution is 5.37. The molecule has 1 aromatic carbocycles. The van der Waals surface area contributed by atoms with E-state index in [4.69, 9.17) is 4.74 Å². The van der Waals surface area contributed by atoms with Crippen LogP contribution >= 0.6 is 0 Å². The molecule has 0 saturated carbocycles. The summed E-state index contributed by atoms with van der Waals surface area (Å²) in [6.07, 6.45) is 0.933. The molecule has 2 rings (SSSR count). The van der Waals surface area contributed by atoms with Gasteiger partial charge in [-0.15, -0.1) is 0 Å². The zero-order valence-corrected chi connectivity index (χ0v) is 11.5. The standard InChI is InChI=1S/C13H13N3O5/c1-8-3-4-11(21-2)9(5-8)6-15-7-10(16(19)20)12(17)14-13(15)18/h3-5,7H,6H2,1-2H3,(H,14,17,18). The number of aromatic nitrogens is 2. The molecule has 0 radical (unpaired) electrons. The number of aromatic amines is 1. The van der Waals surface area contributed by atoms with E-state index in [0.717, 1.165) is 16.3 Å². The first-order valence-electron chi connectivity index (χ1n) is 6.04. The minimum atomic E-state index is -1.02. The smallest absolute Gasteiger partial charge is 0.350 e. The quantitative estimate of drug-likeness (QED) is 0.662. The predicted octanol–water partition coefficient (Wildman–Crippen LogP) is 0.810. The van der Waals surface area contributed by atoms with E-state index in [-0.39, 0.29) is 6.54 Å². The Balaban J connectivity index is 2.52. The highest BCUT2D eigenvalue weighted by atomic mass is 16.6. The maximum atomic E-state index is 11.7. The fraction of sp³-hybridized carbons (Fsp3) is 0.231. The summed E-state index contributed by atoms with van der Waals surface area (Å²) >= 11 is 0. The summed E-state index contributed by atoms with van der Waals surface area (Å²) in [5.41, 5.74) is -0.772. The van der Waals surface area contributed by atoms with E-state index in [1.54, 1.807) is 6.07 Å². The monoisotopic (exact) mass is 291 g/mol. The van der Waals surface area contributed by atoms with E-state index in [9.17, 15) is 19.7 Å². The van der Waals surface area contributed by atoms with Gasteiger partial charge in [0.15, 0.2) is 0 Å². The van der Waals surface area contributed by atoms with Gasteiger partial charge >= 0.3 is 16.9 Å². The molecule has 1 heterocycles. The van der Waals surface area contributed by atoms with Crippen molar-refractivity contribution in [3.8, 4) is 5.75 Å². The van der Waals surface area contributed by atoms with E-state index in [0.29, 0.717) is 11.3 Å². The van der Waals surface area contributed by atoms with Crippen LogP contribution in [0.15, 0.2) is 34.0 Å². The lowest BCUT2D eigenvalue weighted by molar-refractivity contribution is -0.386. The van der Waals surface area contributed by atoms with Crippen LogP contribution in [0.2, 0.25) is 0 Å². The third-order valence-corrected chi connectivity index (χ3v) is 2.97. The second-order valence-corrected chi connectivity index (χ2v) is 4.47. The van der Waals surface area contributed by atoms with Gasteiger partial charge in [-0.1, -0.05) is 17.7 Å². The SMILES string of the molecule is COc1ccc(C)cc1Cn1cc([N+](=O)[O-])c(=O)[nH]c1=O. The number of nitrogens with zero attached hydrogens (tertiary/aromatic N) is 2. The summed E-state index contributed by atoms with van der Waals surface area (Å²) in [6, 6.07) is 5.40. The number of rotatable bonds is 4. The van der Waals surface area contributed by atoms with Crippen LogP contribution in [0.4, 0.5) is 5.69 Å². The third kappa shape index (κ3) is 2.99. The zero-order valence-electron chi connectivity index (χ0n) is 11.5. The number of H-pyrrole nitrogens is 1. The molecule has 0 unspecified atom stereocenters. The molecule has 21 heavy (non-hydrogen) atoms. The molecule has 0 bridgehead atoms. The Kier molecular flexibility index (Phi) is 3.88. The lowest BCUT2D eigenvalue weighted by Gasteiger charge is -2.10. The molecule has 0 amide bonds. The molecule has 110 valence electrons. The predicted molar refractivity (Wildman–Crippen MR) is 74.8 cm³/mol. The van der Waals surface area contributed by atoms with Gasteiger partial charge in [-0.25, -0.2) is 4.79 Å². The number of hydrogen-bond acceptors (Lipinski definition) is 5. The number of hydrogen-bond donors (Lipinski definition) is 1. The van der Waals surface area contributed by atoms with Crippen molar-refractivity contribution in [1.29, 1.82) is 0 Å². The second kappa shape index (κ2) is 5.61. The Hall–Kier alpha value is -2.90. The first-order valence-corrected chi connectivity index (χ1v) is 6.04. The van der Waals surface area contributed by atoms with Crippen LogP contribution in [0.5, 0.6) is 5.75 Å². The average molecular weight is 291 g/mol. The Morgan fingerprint density at radius 2 is 2.10 bits per heavy atom. The molecule has 0 spiro atoms. The molecule has 0 aliphatic heterocycles. The maximum absolute atomic E-state index is 11.7. The van der Waals surface area contributed by atoms with Crippen molar-refractivity contribution in [3.05, 3.63) is 66.5 Å². The third-order valence-electron chi connectivity index (χ3n) is 2.97. The fourth-order valence-electron chi connectivity index (χ4n) is 1.96. The lowest BCUT2D eigenvalue weighted by atomic mass is 10.1. The van der Waals surface area contributed by atoms with Crippen molar-refractivity contribution in [1.82, 2.24) is 9.55 Å². The highest BCUT2D eigenvalue weighted by Crippen LogP contribution is 2.20.